The van der Waals surface area contributed by atoms with Gasteiger partial charge in [0.1, 0.15) is 12.4 Å². The molecule has 0 aliphatic carbocycles. The Labute approximate surface area is 107 Å². The maximum atomic E-state index is 11.3. The minimum Gasteiger partial charge on any atom is -0.466 e. The van der Waals surface area contributed by atoms with Gasteiger partial charge >= 0.3 is 5.97 Å². The maximum Gasteiger partial charge on any atom is 0.306 e. The van der Waals surface area contributed by atoms with Crippen molar-refractivity contribution < 1.29 is 13.9 Å². The zero-order chi connectivity index (χ0) is 12.3. The van der Waals surface area contributed by atoms with E-state index in [9.17, 15) is 4.79 Å². The third-order valence-electron chi connectivity index (χ3n) is 2.47. The van der Waals surface area contributed by atoms with Crippen LogP contribution < -0.4 is 0 Å². The molecule has 0 N–H and O–H groups in total. The van der Waals surface area contributed by atoms with E-state index in [0.717, 1.165) is 38.0 Å². The minimum absolute atomic E-state index is 0.154. The molecular formula is C13H19ClO3. The quantitative estimate of drug-likeness (QED) is 0.383. The molecule has 0 aromatic carbocycles. The maximum absolute atomic E-state index is 11.3. The van der Waals surface area contributed by atoms with Gasteiger partial charge in [-0.25, -0.2) is 0 Å². The van der Waals surface area contributed by atoms with Gasteiger partial charge in [-0.2, -0.15) is 0 Å². The Bertz CT molecular complexity index is 296. The largest absolute Gasteiger partial charge is 0.466 e. The summed E-state index contributed by atoms with van der Waals surface area (Å²) in [7, 11) is 0. The number of ether oxygens (including phenoxy) is 1. The second-order valence-electron chi connectivity index (χ2n) is 3.95. The van der Waals surface area contributed by atoms with E-state index >= 15 is 0 Å². The van der Waals surface area contributed by atoms with Crippen LogP contribution in [0.3, 0.4) is 0 Å². The number of esters is 1. The van der Waals surface area contributed by atoms with Gasteiger partial charge in [-0.3, -0.25) is 4.79 Å². The van der Waals surface area contributed by atoms with Crippen LogP contribution in [0, 0.1) is 0 Å². The van der Waals surface area contributed by atoms with Crippen molar-refractivity contribution in [3.63, 3.8) is 0 Å². The molecule has 0 saturated heterocycles. The van der Waals surface area contributed by atoms with Crippen LogP contribution in [0.25, 0.3) is 0 Å². The molecule has 0 aliphatic heterocycles. The summed E-state index contributed by atoms with van der Waals surface area (Å²) in [5.74, 6) is 1.25. The van der Waals surface area contributed by atoms with Gasteiger partial charge in [0, 0.05) is 12.3 Å². The zero-order valence-electron chi connectivity index (χ0n) is 9.99. The molecule has 0 spiro atoms. The predicted molar refractivity (Wildman–Crippen MR) is 66.9 cm³/mol. The van der Waals surface area contributed by atoms with Crippen molar-refractivity contribution in [2.75, 3.05) is 5.88 Å². The summed E-state index contributed by atoms with van der Waals surface area (Å²) >= 11 is 5.57. The Morgan fingerprint density at radius 1 is 1.24 bits per heavy atom. The Kier molecular flexibility index (Phi) is 7.56. The normalized spacial score (nSPS) is 10.4. The van der Waals surface area contributed by atoms with Crippen LogP contribution in [0.2, 0.25) is 0 Å². The second kappa shape index (κ2) is 9.11. The van der Waals surface area contributed by atoms with Crippen LogP contribution in [0.1, 0.15) is 44.3 Å². The van der Waals surface area contributed by atoms with E-state index in [4.69, 9.17) is 20.8 Å². The van der Waals surface area contributed by atoms with Gasteiger partial charge in [-0.15, -0.1) is 11.6 Å². The van der Waals surface area contributed by atoms with Crippen molar-refractivity contribution in [3.8, 4) is 0 Å². The first-order chi connectivity index (χ1) is 8.33. The summed E-state index contributed by atoms with van der Waals surface area (Å²) in [6, 6.07) is 3.57. The highest BCUT2D eigenvalue weighted by atomic mass is 35.5. The fraction of sp³-hybridized carbons (Fsp3) is 0.615. The lowest BCUT2D eigenvalue weighted by atomic mass is 10.1. The molecule has 1 heterocycles. The van der Waals surface area contributed by atoms with Gasteiger partial charge in [-0.1, -0.05) is 19.3 Å². The third-order valence-corrected chi connectivity index (χ3v) is 2.74. The van der Waals surface area contributed by atoms with E-state index in [2.05, 4.69) is 0 Å². The Morgan fingerprint density at radius 2 is 2.00 bits per heavy atom. The Hall–Kier alpha value is -0.960. The van der Waals surface area contributed by atoms with Crippen molar-refractivity contribution in [1.29, 1.82) is 0 Å². The van der Waals surface area contributed by atoms with E-state index in [1.54, 1.807) is 18.4 Å². The molecule has 96 valence electrons. The van der Waals surface area contributed by atoms with Crippen molar-refractivity contribution in [2.24, 2.45) is 0 Å². The van der Waals surface area contributed by atoms with E-state index in [1.165, 1.54) is 0 Å². The van der Waals surface area contributed by atoms with Gasteiger partial charge < -0.3 is 9.15 Å². The van der Waals surface area contributed by atoms with Gasteiger partial charge in [0.15, 0.2) is 0 Å². The van der Waals surface area contributed by atoms with Crippen LogP contribution in [0.5, 0.6) is 0 Å². The van der Waals surface area contributed by atoms with Gasteiger partial charge in [0.25, 0.3) is 0 Å². The molecule has 0 fully saturated rings. The summed E-state index contributed by atoms with van der Waals surface area (Å²) in [6.07, 6.45) is 7.35. The average Bonchev–Trinajstić information content (AvgIpc) is 2.84. The molecule has 3 nitrogen and oxygen atoms in total. The highest BCUT2D eigenvalue weighted by Gasteiger charge is 2.04. The monoisotopic (exact) mass is 258 g/mol. The molecule has 4 heteroatoms. The molecule has 0 saturated carbocycles. The van der Waals surface area contributed by atoms with Gasteiger partial charge in [-0.05, 0) is 25.0 Å². The van der Waals surface area contributed by atoms with Crippen LogP contribution in [-0.2, 0) is 16.1 Å². The SMILES string of the molecule is O=C(CCCCCCCCl)OCc1ccco1. The average molecular weight is 259 g/mol. The summed E-state index contributed by atoms with van der Waals surface area (Å²) in [6.45, 7) is 0.234. The smallest absolute Gasteiger partial charge is 0.306 e. The number of alkyl halides is 1. The molecule has 1 aromatic heterocycles. The number of halogens is 1. The number of unbranched alkanes of at least 4 members (excludes halogenated alkanes) is 4. The topological polar surface area (TPSA) is 39.4 Å². The third kappa shape index (κ3) is 7.05. The summed E-state index contributed by atoms with van der Waals surface area (Å²) < 4.78 is 10.1. The number of rotatable bonds is 9. The summed E-state index contributed by atoms with van der Waals surface area (Å²) in [4.78, 5) is 11.3. The number of furan rings is 1. The number of hydrogen-bond acceptors (Lipinski definition) is 3. The first-order valence-electron chi connectivity index (χ1n) is 6.07. The van der Waals surface area contributed by atoms with Crippen LogP contribution in [0.4, 0.5) is 0 Å². The molecular weight excluding hydrogens is 240 g/mol. The standard InChI is InChI=1S/C13H19ClO3/c14-9-5-3-1-2-4-8-13(15)17-11-12-7-6-10-16-12/h6-7,10H,1-5,8-9,11H2. The van der Waals surface area contributed by atoms with Crippen LogP contribution in [0.15, 0.2) is 22.8 Å². The minimum atomic E-state index is -0.154. The van der Waals surface area contributed by atoms with E-state index < -0.39 is 0 Å². The fourth-order valence-electron chi connectivity index (χ4n) is 1.51. The lowest BCUT2D eigenvalue weighted by Crippen LogP contribution is -2.03. The fourth-order valence-corrected chi connectivity index (χ4v) is 1.70. The van der Waals surface area contributed by atoms with E-state index in [1.807, 2.05) is 0 Å². The number of hydrogen-bond donors (Lipinski definition) is 0. The van der Waals surface area contributed by atoms with Crippen molar-refractivity contribution in [2.45, 2.75) is 45.1 Å². The highest BCUT2D eigenvalue weighted by Crippen LogP contribution is 2.08. The number of carbonyl (C=O) groups excluding carboxylic acids is 1. The Balaban J connectivity index is 1.94. The summed E-state index contributed by atoms with van der Waals surface area (Å²) in [5.41, 5.74) is 0. The molecule has 17 heavy (non-hydrogen) atoms. The van der Waals surface area contributed by atoms with Crippen molar-refractivity contribution in [3.05, 3.63) is 24.2 Å². The second-order valence-corrected chi connectivity index (χ2v) is 4.32. The zero-order valence-corrected chi connectivity index (χ0v) is 10.7. The molecule has 0 amide bonds. The lowest BCUT2D eigenvalue weighted by Gasteiger charge is -2.02. The Morgan fingerprint density at radius 3 is 2.71 bits per heavy atom. The van der Waals surface area contributed by atoms with Crippen molar-refractivity contribution in [1.82, 2.24) is 0 Å². The molecule has 0 aliphatic rings. The number of carbonyl (C=O) groups is 1. The highest BCUT2D eigenvalue weighted by molar-refractivity contribution is 6.17. The van der Waals surface area contributed by atoms with E-state index in [-0.39, 0.29) is 12.6 Å². The molecule has 1 rings (SSSR count). The van der Waals surface area contributed by atoms with Gasteiger partial charge in [0.2, 0.25) is 0 Å². The first kappa shape index (κ1) is 14.1. The molecule has 0 unspecified atom stereocenters. The van der Waals surface area contributed by atoms with Gasteiger partial charge in [0.05, 0.1) is 6.26 Å². The molecule has 0 radical (unpaired) electrons. The molecule has 0 bridgehead atoms. The van der Waals surface area contributed by atoms with Crippen LogP contribution >= 0.6 is 11.6 Å². The molecule has 1 aromatic rings. The molecule has 0 atom stereocenters. The predicted octanol–water partition coefficient (Wildman–Crippen LogP) is 3.90. The summed E-state index contributed by atoms with van der Waals surface area (Å²) in [5, 5.41) is 0. The first-order valence-corrected chi connectivity index (χ1v) is 6.60. The van der Waals surface area contributed by atoms with Crippen molar-refractivity contribution >= 4 is 17.6 Å². The lowest BCUT2D eigenvalue weighted by molar-refractivity contribution is -0.145. The van der Waals surface area contributed by atoms with Crippen LogP contribution in [-0.4, -0.2) is 11.8 Å². The van der Waals surface area contributed by atoms with E-state index in [0.29, 0.717) is 12.2 Å².